The second-order valence-corrected chi connectivity index (χ2v) is 6.42. The first-order chi connectivity index (χ1) is 12.7. The van der Waals surface area contributed by atoms with Crippen LogP contribution in [0.15, 0.2) is 36.4 Å². The monoisotopic (exact) mass is 400 g/mol. The Bertz CT molecular complexity index is 852. The Hall–Kier alpha value is -2.45. The lowest BCUT2D eigenvalue weighted by molar-refractivity contribution is -0.137. The Morgan fingerprint density at radius 2 is 1.85 bits per heavy atom. The number of phenols is 1. The van der Waals surface area contributed by atoms with Crippen molar-refractivity contribution in [3.63, 3.8) is 0 Å². The fraction of sp³-hybridized carbons (Fsp3) is 0.278. The van der Waals surface area contributed by atoms with E-state index in [4.69, 9.17) is 16.3 Å². The van der Waals surface area contributed by atoms with Crippen molar-refractivity contribution in [1.29, 1.82) is 0 Å². The van der Waals surface area contributed by atoms with Gasteiger partial charge in [0.15, 0.2) is 0 Å². The molecule has 0 bridgehead atoms. The summed E-state index contributed by atoms with van der Waals surface area (Å²) in [5.74, 6) is -1.08. The van der Waals surface area contributed by atoms with E-state index in [9.17, 15) is 23.1 Å². The highest BCUT2D eigenvalue weighted by molar-refractivity contribution is 6.31. The van der Waals surface area contributed by atoms with Crippen molar-refractivity contribution in [2.75, 3.05) is 36.5 Å². The van der Waals surface area contributed by atoms with E-state index in [1.807, 2.05) is 0 Å². The van der Waals surface area contributed by atoms with Crippen LogP contribution in [0.5, 0.6) is 5.75 Å². The summed E-state index contributed by atoms with van der Waals surface area (Å²) < 4.78 is 45.1. The number of hydrogen-bond acceptors (Lipinski definition) is 4. The molecule has 1 saturated heterocycles. The van der Waals surface area contributed by atoms with E-state index < -0.39 is 17.6 Å². The summed E-state index contributed by atoms with van der Waals surface area (Å²) in [6.45, 7) is 1.72. The number of carbonyl (C=O) groups excluding carboxylic acids is 1. The SMILES string of the molecule is O=C(Nc1cc(N2CCOCC2)cc(C(F)(F)F)c1)c1cc(Cl)ccc1O. The molecule has 5 nitrogen and oxygen atoms in total. The van der Waals surface area contributed by atoms with Gasteiger partial charge in [-0.2, -0.15) is 13.2 Å². The fourth-order valence-electron chi connectivity index (χ4n) is 2.74. The van der Waals surface area contributed by atoms with Crippen LogP contribution in [0.3, 0.4) is 0 Å². The predicted molar refractivity (Wildman–Crippen MR) is 95.5 cm³/mol. The predicted octanol–water partition coefficient (Wildman–Crippen LogP) is 4.15. The first-order valence-corrected chi connectivity index (χ1v) is 8.47. The molecule has 1 amide bonds. The van der Waals surface area contributed by atoms with Gasteiger partial charge in [0.05, 0.1) is 24.3 Å². The zero-order chi connectivity index (χ0) is 19.6. The van der Waals surface area contributed by atoms with Gasteiger partial charge in [0.25, 0.3) is 5.91 Å². The van der Waals surface area contributed by atoms with Gasteiger partial charge in [-0.25, -0.2) is 0 Å². The summed E-state index contributed by atoms with van der Waals surface area (Å²) >= 11 is 5.82. The number of carbonyl (C=O) groups is 1. The van der Waals surface area contributed by atoms with Crippen molar-refractivity contribution in [3.05, 3.63) is 52.5 Å². The van der Waals surface area contributed by atoms with Crippen LogP contribution in [0.1, 0.15) is 15.9 Å². The minimum absolute atomic E-state index is 0.0318. The third kappa shape index (κ3) is 4.64. The molecule has 9 heteroatoms. The Labute approximate surface area is 158 Å². The summed E-state index contributed by atoms with van der Waals surface area (Å²) in [6, 6.07) is 7.22. The highest BCUT2D eigenvalue weighted by Crippen LogP contribution is 2.35. The number of morpholine rings is 1. The number of alkyl halides is 3. The van der Waals surface area contributed by atoms with Gasteiger partial charge in [-0.15, -0.1) is 0 Å². The normalized spacial score (nSPS) is 14.9. The quantitative estimate of drug-likeness (QED) is 0.812. The molecule has 1 aliphatic heterocycles. The van der Waals surface area contributed by atoms with Crippen LogP contribution in [-0.4, -0.2) is 37.3 Å². The van der Waals surface area contributed by atoms with Gasteiger partial charge in [0, 0.05) is 29.5 Å². The number of ether oxygens (including phenoxy) is 1. The molecule has 1 heterocycles. The lowest BCUT2D eigenvalue weighted by Crippen LogP contribution is -2.36. The third-order valence-corrected chi connectivity index (χ3v) is 4.32. The molecule has 1 aliphatic rings. The molecule has 2 aromatic rings. The first-order valence-electron chi connectivity index (χ1n) is 8.09. The topological polar surface area (TPSA) is 61.8 Å². The Morgan fingerprint density at radius 1 is 1.15 bits per heavy atom. The Balaban J connectivity index is 1.93. The molecule has 3 rings (SSSR count). The molecule has 2 aromatic carbocycles. The van der Waals surface area contributed by atoms with Crippen molar-refractivity contribution in [2.45, 2.75) is 6.18 Å². The Morgan fingerprint density at radius 3 is 2.52 bits per heavy atom. The Kier molecular flexibility index (Phi) is 5.48. The number of halogens is 4. The minimum Gasteiger partial charge on any atom is -0.507 e. The summed E-state index contributed by atoms with van der Waals surface area (Å²) in [5.41, 5.74) is -0.709. The molecular formula is C18H16ClF3N2O3. The van der Waals surface area contributed by atoms with Crippen LogP contribution in [0, 0.1) is 0 Å². The standard InChI is InChI=1S/C18H16ClF3N2O3/c19-12-1-2-16(25)15(9-12)17(26)23-13-7-11(18(20,21)22)8-14(10-13)24-3-5-27-6-4-24/h1-2,7-10,25H,3-6H2,(H,23,26). The van der Waals surface area contributed by atoms with E-state index in [-0.39, 0.29) is 22.0 Å². The zero-order valence-corrected chi connectivity index (χ0v) is 14.8. The van der Waals surface area contributed by atoms with Gasteiger partial charge in [-0.3, -0.25) is 4.79 Å². The number of hydrogen-bond donors (Lipinski definition) is 2. The van der Waals surface area contributed by atoms with Crippen molar-refractivity contribution < 1.29 is 27.8 Å². The number of nitrogens with zero attached hydrogens (tertiary/aromatic N) is 1. The second kappa shape index (κ2) is 7.66. The molecule has 0 aliphatic carbocycles. The molecule has 27 heavy (non-hydrogen) atoms. The molecule has 0 saturated carbocycles. The van der Waals surface area contributed by atoms with Crippen LogP contribution in [-0.2, 0) is 10.9 Å². The van der Waals surface area contributed by atoms with Gasteiger partial charge < -0.3 is 20.1 Å². The van der Waals surface area contributed by atoms with Gasteiger partial charge in [-0.1, -0.05) is 11.6 Å². The lowest BCUT2D eigenvalue weighted by Gasteiger charge is -2.29. The summed E-state index contributed by atoms with van der Waals surface area (Å²) in [4.78, 5) is 14.1. The highest BCUT2D eigenvalue weighted by Gasteiger charge is 2.32. The molecule has 144 valence electrons. The molecule has 0 atom stereocenters. The number of anilines is 2. The second-order valence-electron chi connectivity index (χ2n) is 5.98. The number of phenolic OH excluding ortho intramolecular Hbond substituents is 1. The van der Waals surface area contributed by atoms with Crippen LogP contribution >= 0.6 is 11.6 Å². The van der Waals surface area contributed by atoms with Crippen molar-refractivity contribution in [3.8, 4) is 5.75 Å². The number of rotatable bonds is 3. The van der Waals surface area contributed by atoms with Crippen LogP contribution in [0.4, 0.5) is 24.5 Å². The van der Waals surface area contributed by atoms with Crippen LogP contribution in [0.2, 0.25) is 5.02 Å². The van der Waals surface area contributed by atoms with Gasteiger partial charge in [0.1, 0.15) is 5.75 Å². The third-order valence-electron chi connectivity index (χ3n) is 4.08. The molecular weight excluding hydrogens is 385 g/mol. The van der Waals surface area contributed by atoms with E-state index in [1.165, 1.54) is 24.3 Å². The van der Waals surface area contributed by atoms with E-state index in [0.717, 1.165) is 12.1 Å². The van der Waals surface area contributed by atoms with Crippen LogP contribution in [0.25, 0.3) is 0 Å². The fourth-order valence-corrected chi connectivity index (χ4v) is 2.91. The van der Waals surface area contributed by atoms with E-state index in [0.29, 0.717) is 32.0 Å². The van der Waals surface area contributed by atoms with Gasteiger partial charge >= 0.3 is 6.18 Å². The molecule has 2 N–H and O–H groups in total. The average Bonchev–Trinajstić information content (AvgIpc) is 2.63. The van der Waals surface area contributed by atoms with E-state index in [1.54, 1.807) is 4.90 Å². The van der Waals surface area contributed by atoms with Crippen molar-refractivity contribution >= 4 is 28.9 Å². The van der Waals surface area contributed by atoms with Gasteiger partial charge in [-0.05, 0) is 36.4 Å². The number of benzene rings is 2. The molecule has 0 radical (unpaired) electrons. The molecule has 0 spiro atoms. The highest BCUT2D eigenvalue weighted by atomic mass is 35.5. The smallest absolute Gasteiger partial charge is 0.416 e. The first kappa shape index (κ1) is 19.3. The maximum Gasteiger partial charge on any atom is 0.416 e. The minimum atomic E-state index is -4.57. The number of nitrogens with one attached hydrogen (secondary N) is 1. The summed E-state index contributed by atoms with van der Waals surface area (Å²) in [5, 5.41) is 12.4. The van der Waals surface area contributed by atoms with Crippen LogP contribution < -0.4 is 10.2 Å². The van der Waals surface area contributed by atoms with Crippen molar-refractivity contribution in [1.82, 2.24) is 0 Å². The largest absolute Gasteiger partial charge is 0.507 e. The lowest BCUT2D eigenvalue weighted by atomic mass is 10.1. The summed E-state index contributed by atoms with van der Waals surface area (Å²) in [6.07, 6.45) is -4.57. The molecule has 0 aromatic heterocycles. The maximum atomic E-state index is 13.3. The maximum absolute atomic E-state index is 13.3. The zero-order valence-electron chi connectivity index (χ0n) is 14.0. The van der Waals surface area contributed by atoms with E-state index in [2.05, 4.69) is 5.32 Å². The average molecular weight is 401 g/mol. The van der Waals surface area contributed by atoms with Crippen molar-refractivity contribution in [2.24, 2.45) is 0 Å². The number of aromatic hydroxyl groups is 1. The molecule has 1 fully saturated rings. The number of amides is 1. The summed E-state index contributed by atoms with van der Waals surface area (Å²) in [7, 11) is 0. The molecule has 0 unspecified atom stereocenters. The van der Waals surface area contributed by atoms with E-state index >= 15 is 0 Å². The van der Waals surface area contributed by atoms with Gasteiger partial charge in [0.2, 0.25) is 0 Å².